The van der Waals surface area contributed by atoms with Crippen LogP contribution >= 0.6 is 11.8 Å². The molecule has 0 aliphatic heterocycles. The maximum Gasteiger partial charge on any atom is 0.229 e. The van der Waals surface area contributed by atoms with Gasteiger partial charge < -0.3 is 5.32 Å². The second kappa shape index (κ2) is 8.37. The van der Waals surface area contributed by atoms with Gasteiger partial charge in [0.1, 0.15) is 0 Å². The van der Waals surface area contributed by atoms with Crippen LogP contribution in [0, 0.1) is 0 Å². The van der Waals surface area contributed by atoms with E-state index in [0.717, 1.165) is 11.2 Å². The monoisotopic (exact) mass is 392 g/mol. The number of rotatable bonds is 7. The molecular weight excluding hydrogens is 372 g/mol. The van der Waals surface area contributed by atoms with E-state index in [-0.39, 0.29) is 16.9 Å². The zero-order valence-corrected chi connectivity index (χ0v) is 16.3. The molecule has 0 saturated carbocycles. The van der Waals surface area contributed by atoms with Gasteiger partial charge in [0.15, 0.2) is 5.78 Å². The average Bonchev–Trinajstić information content (AvgIpc) is 2.55. The van der Waals surface area contributed by atoms with Crippen molar-refractivity contribution in [3.05, 3.63) is 54.1 Å². The van der Waals surface area contributed by atoms with Crippen LogP contribution in [0.25, 0.3) is 0 Å². The van der Waals surface area contributed by atoms with Gasteiger partial charge in [0.05, 0.1) is 11.5 Å². The molecule has 2 aromatic carbocycles. The van der Waals surface area contributed by atoms with Crippen LogP contribution in [0.2, 0.25) is 0 Å². The minimum atomic E-state index is -3.34. The number of ketones is 1. The van der Waals surface area contributed by atoms with Crippen LogP contribution in [0.4, 0.5) is 11.4 Å². The Kier molecular flexibility index (Phi) is 6.44. The van der Waals surface area contributed by atoms with E-state index in [2.05, 4.69) is 10.0 Å². The molecule has 0 unspecified atom stereocenters. The summed E-state index contributed by atoms with van der Waals surface area (Å²) in [6.07, 6.45) is 1.07. The first kappa shape index (κ1) is 20.0. The van der Waals surface area contributed by atoms with E-state index in [4.69, 9.17) is 0 Å². The molecule has 0 saturated heterocycles. The summed E-state index contributed by atoms with van der Waals surface area (Å²) in [4.78, 5) is 24.5. The normalized spacial score (nSPS) is 12.3. The Hall–Kier alpha value is -2.32. The number of thioether (sulfide) groups is 1. The molecule has 138 valence electrons. The van der Waals surface area contributed by atoms with Crippen LogP contribution in [-0.2, 0) is 14.8 Å². The van der Waals surface area contributed by atoms with E-state index in [0.29, 0.717) is 16.9 Å². The highest BCUT2D eigenvalue weighted by atomic mass is 32.2. The number of carbonyl (C=O) groups excluding carboxylic acids is 2. The largest absolute Gasteiger partial charge is 0.326 e. The maximum absolute atomic E-state index is 12.5. The molecule has 0 radical (unpaired) electrons. The van der Waals surface area contributed by atoms with E-state index in [9.17, 15) is 18.0 Å². The number of sulfonamides is 1. The van der Waals surface area contributed by atoms with Gasteiger partial charge in [0.25, 0.3) is 0 Å². The lowest BCUT2D eigenvalue weighted by atomic mass is 10.1. The van der Waals surface area contributed by atoms with Gasteiger partial charge in [-0.1, -0.05) is 0 Å². The average molecular weight is 393 g/mol. The maximum atomic E-state index is 12.5. The highest BCUT2D eigenvalue weighted by Crippen LogP contribution is 2.27. The van der Waals surface area contributed by atoms with E-state index in [1.807, 2.05) is 19.1 Å². The van der Waals surface area contributed by atoms with Gasteiger partial charge in [-0.25, -0.2) is 8.42 Å². The quantitative estimate of drug-likeness (QED) is 0.557. The summed E-state index contributed by atoms with van der Waals surface area (Å²) in [5, 5.41) is 2.38. The predicted octanol–water partition coefficient (Wildman–Crippen LogP) is 3.38. The minimum absolute atomic E-state index is 0.0492. The zero-order chi connectivity index (χ0) is 19.3. The van der Waals surface area contributed by atoms with Crippen molar-refractivity contribution in [2.45, 2.75) is 24.0 Å². The second-order valence-electron chi connectivity index (χ2n) is 5.78. The Morgan fingerprint density at radius 3 is 2.00 bits per heavy atom. The molecule has 1 amide bonds. The molecule has 26 heavy (non-hydrogen) atoms. The molecule has 0 heterocycles. The topological polar surface area (TPSA) is 92.3 Å². The van der Waals surface area contributed by atoms with Gasteiger partial charge in [-0.3, -0.25) is 14.3 Å². The van der Waals surface area contributed by atoms with Gasteiger partial charge in [-0.15, -0.1) is 11.8 Å². The van der Waals surface area contributed by atoms with E-state index >= 15 is 0 Å². The fourth-order valence-corrected chi connectivity index (χ4v) is 3.74. The Bertz CT molecular complexity index is 892. The Morgan fingerprint density at radius 1 is 0.962 bits per heavy atom. The number of amides is 1. The van der Waals surface area contributed by atoms with Crippen molar-refractivity contribution in [1.29, 1.82) is 0 Å². The van der Waals surface area contributed by atoms with E-state index in [1.165, 1.54) is 18.7 Å². The fraction of sp³-hybridized carbons (Fsp3) is 0.222. The zero-order valence-electron chi connectivity index (χ0n) is 14.6. The number of hydrogen-bond donors (Lipinski definition) is 2. The third kappa shape index (κ3) is 6.20. The Morgan fingerprint density at radius 2 is 1.50 bits per heavy atom. The molecule has 0 aromatic heterocycles. The van der Waals surface area contributed by atoms with Crippen LogP contribution in [0.15, 0.2) is 53.4 Å². The van der Waals surface area contributed by atoms with Crippen LogP contribution in [0.3, 0.4) is 0 Å². The number of carbonyl (C=O) groups is 2. The SMILES string of the molecule is CC(=O)Nc1ccc(S[C@@H](C)C(=O)c2ccc(NS(C)(=O)=O)cc2)cc1. The lowest BCUT2D eigenvalue weighted by Crippen LogP contribution is -2.14. The Balaban J connectivity index is 2.01. The summed E-state index contributed by atoms with van der Waals surface area (Å²) in [6.45, 7) is 3.26. The first-order valence-corrected chi connectivity index (χ1v) is 10.6. The van der Waals surface area contributed by atoms with Gasteiger partial charge in [0, 0.05) is 28.8 Å². The number of nitrogens with one attached hydrogen (secondary N) is 2. The van der Waals surface area contributed by atoms with Crippen LogP contribution in [0.5, 0.6) is 0 Å². The first-order chi connectivity index (χ1) is 12.1. The lowest BCUT2D eigenvalue weighted by Gasteiger charge is -2.12. The van der Waals surface area contributed by atoms with Crippen molar-refractivity contribution < 1.29 is 18.0 Å². The predicted molar refractivity (Wildman–Crippen MR) is 105 cm³/mol. The van der Waals surface area contributed by atoms with Gasteiger partial charge >= 0.3 is 0 Å². The molecule has 0 aliphatic rings. The molecule has 0 bridgehead atoms. The number of benzene rings is 2. The summed E-state index contributed by atoms with van der Waals surface area (Å²) >= 11 is 1.41. The molecule has 0 spiro atoms. The van der Waals surface area contributed by atoms with Crippen molar-refractivity contribution in [3.63, 3.8) is 0 Å². The highest BCUT2D eigenvalue weighted by Gasteiger charge is 2.16. The van der Waals surface area contributed by atoms with E-state index < -0.39 is 10.0 Å². The van der Waals surface area contributed by atoms with Gasteiger partial charge in [0.2, 0.25) is 15.9 Å². The molecule has 2 N–H and O–H groups in total. The standard InChI is InChI=1S/C18H20N2O4S2/c1-12(25-17-10-8-15(9-11-17)19-13(2)21)18(22)14-4-6-16(7-5-14)20-26(3,23)24/h4-12,20H,1-3H3,(H,19,21)/t12-/m0/s1. The summed E-state index contributed by atoms with van der Waals surface area (Å²) < 4.78 is 24.8. The summed E-state index contributed by atoms with van der Waals surface area (Å²) in [6, 6.07) is 13.6. The van der Waals surface area contributed by atoms with Crippen LogP contribution in [0.1, 0.15) is 24.2 Å². The van der Waals surface area contributed by atoms with Crippen LogP contribution < -0.4 is 10.0 Å². The van der Waals surface area contributed by atoms with Crippen molar-refractivity contribution in [2.75, 3.05) is 16.3 Å². The minimum Gasteiger partial charge on any atom is -0.326 e. The molecule has 0 fully saturated rings. The lowest BCUT2D eigenvalue weighted by molar-refractivity contribution is -0.114. The molecule has 1 atom stereocenters. The fourth-order valence-electron chi connectivity index (χ4n) is 2.23. The van der Waals surface area contributed by atoms with Gasteiger partial charge in [-0.05, 0) is 55.5 Å². The van der Waals surface area contributed by atoms with Gasteiger partial charge in [-0.2, -0.15) is 0 Å². The molecule has 2 aromatic rings. The van der Waals surface area contributed by atoms with Crippen molar-refractivity contribution in [2.24, 2.45) is 0 Å². The Labute approximate surface area is 157 Å². The highest BCUT2D eigenvalue weighted by molar-refractivity contribution is 8.00. The molecule has 2 rings (SSSR count). The van der Waals surface area contributed by atoms with Crippen molar-refractivity contribution >= 4 is 44.9 Å². The summed E-state index contributed by atoms with van der Waals surface area (Å²) in [7, 11) is -3.34. The number of Topliss-reactive ketones (excluding diaryl/α,β-unsaturated/α-hetero) is 1. The second-order valence-corrected chi connectivity index (χ2v) is 8.94. The number of hydrogen-bond acceptors (Lipinski definition) is 5. The van der Waals surface area contributed by atoms with E-state index in [1.54, 1.807) is 36.4 Å². The molecule has 6 nitrogen and oxygen atoms in total. The summed E-state index contributed by atoms with van der Waals surface area (Å²) in [5.41, 5.74) is 1.63. The third-order valence-corrected chi connectivity index (χ3v) is 5.05. The number of anilines is 2. The third-order valence-electron chi connectivity index (χ3n) is 3.33. The summed E-state index contributed by atoms with van der Waals surface area (Å²) in [5.74, 6) is -0.186. The van der Waals surface area contributed by atoms with Crippen molar-refractivity contribution in [1.82, 2.24) is 0 Å². The molecule has 0 aliphatic carbocycles. The smallest absolute Gasteiger partial charge is 0.229 e. The molecular formula is C18H20N2O4S2. The first-order valence-electron chi connectivity index (χ1n) is 7.80. The van der Waals surface area contributed by atoms with Crippen molar-refractivity contribution in [3.8, 4) is 0 Å². The molecule has 8 heteroatoms. The van der Waals surface area contributed by atoms with Crippen LogP contribution in [-0.4, -0.2) is 31.6 Å².